The van der Waals surface area contributed by atoms with E-state index in [0.717, 1.165) is 12.2 Å². The van der Waals surface area contributed by atoms with Crippen LogP contribution >= 0.6 is 0 Å². The molecule has 1 rings (SSSR count). The number of aryl methyl sites for hydroxylation is 1. The fourth-order valence-electron chi connectivity index (χ4n) is 1.39. The molecule has 0 atom stereocenters. The van der Waals surface area contributed by atoms with Crippen LogP contribution in [-0.2, 0) is 11.3 Å². The first-order valence-corrected chi connectivity index (χ1v) is 7.14. The van der Waals surface area contributed by atoms with Crippen LogP contribution in [-0.4, -0.2) is 0 Å². The first-order chi connectivity index (χ1) is 9.11. The molecular formula is C18H28O. The molecule has 0 radical (unpaired) electrons. The second-order valence-electron chi connectivity index (χ2n) is 4.50. The summed E-state index contributed by atoms with van der Waals surface area (Å²) in [4.78, 5) is 0. The van der Waals surface area contributed by atoms with Crippen molar-refractivity contribution in [1.29, 1.82) is 0 Å². The lowest BCUT2D eigenvalue weighted by Gasteiger charge is -2.08. The fourth-order valence-corrected chi connectivity index (χ4v) is 1.39. The van der Waals surface area contributed by atoms with Gasteiger partial charge in [0.25, 0.3) is 0 Å². The van der Waals surface area contributed by atoms with Gasteiger partial charge in [-0.3, -0.25) is 0 Å². The third-order valence-electron chi connectivity index (χ3n) is 2.50. The van der Waals surface area contributed by atoms with Crippen LogP contribution in [0, 0.1) is 6.92 Å². The van der Waals surface area contributed by atoms with Crippen molar-refractivity contribution < 1.29 is 4.74 Å². The molecule has 1 aromatic carbocycles. The first kappa shape index (κ1) is 17.5. The molecule has 0 saturated carbocycles. The highest BCUT2D eigenvalue weighted by Crippen LogP contribution is 2.10. The third-order valence-corrected chi connectivity index (χ3v) is 2.50. The smallest absolute Gasteiger partial charge is 0.113 e. The van der Waals surface area contributed by atoms with Crippen molar-refractivity contribution in [3.05, 3.63) is 58.9 Å². The summed E-state index contributed by atoms with van der Waals surface area (Å²) in [6, 6.07) is 8.46. The molecule has 0 aliphatic heterocycles. The van der Waals surface area contributed by atoms with E-state index < -0.39 is 0 Å². The Morgan fingerprint density at radius 1 is 1.05 bits per heavy atom. The number of hydrogen-bond donors (Lipinski definition) is 0. The Kier molecular flexibility index (Phi) is 9.60. The molecule has 0 aliphatic carbocycles. The highest BCUT2D eigenvalue weighted by atomic mass is 16.5. The standard InChI is InChI=1S/C16H22O.C2H6/c1-5-16(11-6-13(2)3)17-12-15-9-7-14(4)8-10-15;1-2/h6-11H,5,12H2,1-4H3;1-2H3/b16-11+;. The summed E-state index contributed by atoms with van der Waals surface area (Å²) in [6.45, 7) is 13.0. The Morgan fingerprint density at radius 2 is 1.63 bits per heavy atom. The first-order valence-electron chi connectivity index (χ1n) is 7.14. The maximum atomic E-state index is 5.78. The normalized spacial score (nSPS) is 10.3. The molecule has 0 aliphatic rings. The molecule has 0 fully saturated rings. The van der Waals surface area contributed by atoms with E-state index in [1.807, 2.05) is 13.8 Å². The summed E-state index contributed by atoms with van der Waals surface area (Å²) < 4.78 is 5.78. The Bertz CT molecular complexity index is 392. The van der Waals surface area contributed by atoms with Crippen molar-refractivity contribution >= 4 is 0 Å². The van der Waals surface area contributed by atoms with Crippen molar-refractivity contribution in [3.63, 3.8) is 0 Å². The Hall–Kier alpha value is -1.50. The quantitative estimate of drug-likeness (QED) is 0.480. The molecule has 1 aromatic rings. The van der Waals surface area contributed by atoms with Gasteiger partial charge < -0.3 is 4.74 Å². The van der Waals surface area contributed by atoms with Gasteiger partial charge in [0.1, 0.15) is 6.61 Å². The Morgan fingerprint density at radius 3 is 2.11 bits per heavy atom. The lowest BCUT2D eigenvalue weighted by Crippen LogP contribution is -1.93. The SMILES string of the molecule is CC.CC/C(=C\C=C(C)C)OCc1ccc(C)cc1. The van der Waals surface area contributed by atoms with Crippen LogP contribution in [0.3, 0.4) is 0 Å². The van der Waals surface area contributed by atoms with Gasteiger partial charge >= 0.3 is 0 Å². The predicted molar refractivity (Wildman–Crippen MR) is 85.1 cm³/mol. The second kappa shape index (κ2) is 10.4. The van der Waals surface area contributed by atoms with Gasteiger partial charge in [0, 0.05) is 6.42 Å². The van der Waals surface area contributed by atoms with E-state index in [4.69, 9.17) is 4.74 Å². The lowest BCUT2D eigenvalue weighted by molar-refractivity contribution is 0.191. The van der Waals surface area contributed by atoms with Crippen LogP contribution in [0.4, 0.5) is 0 Å². The molecule has 106 valence electrons. The van der Waals surface area contributed by atoms with Gasteiger partial charge in [-0.2, -0.15) is 0 Å². The minimum Gasteiger partial charge on any atom is -0.493 e. The van der Waals surface area contributed by atoms with Crippen molar-refractivity contribution in [3.8, 4) is 0 Å². The zero-order valence-electron chi connectivity index (χ0n) is 13.3. The summed E-state index contributed by atoms with van der Waals surface area (Å²) in [7, 11) is 0. The molecule has 0 bridgehead atoms. The fraction of sp³-hybridized carbons (Fsp3) is 0.444. The summed E-state index contributed by atoms with van der Waals surface area (Å²) in [5.74, 6) is 1.03. The minimum atomic E-state index is 0.649. The highest BCUT2D eigenvalue weighted by molar-refractivity contribution is 5.21. The van der Waals surface area contributed by atoms with Crippen LogP contribution in [0.2, 0.25) is 0 Å². The number of ether oxygens (including phenoxy) is 1. The maximum Gasteiger partial charge on any atom is 0.113 e. The second-order valence-corrected chi connectivity index (χ2v) is 4.50. The molecule has 0 unspecified atom stereocenters. The molecule has 0 heterocycles. The van der Waals surface area contributed by atoms with Crippen molar-refractivity contribution in [2.24, 2.45) is 0 Å². The number of allylic oxidation sites excluding steroid dienone is 4. The number of hydrogen-bond acceptors (Lipinski definition) is 1. The van der Waals surface area contributed by atoms with Gasteiger partial charge in [0.2, 0.25) is 0 Å². The number of rotatable bonds is 5. The van der Waals surface area contributed by atoms with Crippen LogP contribution < -0.4 is 0 Å². The molecule has 1 nitrogen and oxygen atoms in total. The van der Waals surface area contributed by atoms with E-state index in [1.165, 1.54) is 16.7 Å². The molecule has 1 heteroatoms. The summed E-state index contributed by atoms with van der Waals surface area (Å²) in [6.07, 6.45) is 5.08. The van der Waals surface area contributed by atoms with Gasteiger partial charge in [-0.15, -0.1) is 0 Å². The van der Waals surface area contributed by atoms with E-state index in [2.05, 4.69) is 64.1 Å². The van der Waals surface area contributed by atoms with Gasteiger partial charge in [0.05, 0.1) is 5.76 Å². The zero-order chi connectivity index (χ0) is 14.7. The van der Waals surface area contributed by atoms with Crippen molar-refractivity contribution in [2.45, 2.75) is 54.6 Å². The predicted octanol–water partition coefficient (Wildman–Crippen LogP) is 5.80. The Balaban J connectivity index is 0.00000154. The van der Waals surface area contributed by atoms with Crippen molar-refractivity contribution in [1.82, 2.24) is 0 Å². The van der Waals surface area contributed by atoms with Crippen LogP contribution in [0.15, 0.2) is 47.7 Å². The molecule has 0 spiro atoms. The van der Waals surface area contributed by atoms with Crippen LogP contribution in [0.25, 0.3) is 0 Å². The molecule has 0 N–H and O–H groups in total. The van der Waals surface area contributed by atoms with E-state index in [9.17, 15) is 0 Å². The zero-order valence-corrected chi connectivity index (χ0v) is 13.3. The van der Waals surface area contributed by atoms with E-state index in [0.29, 0.717) is 6.61 Å². The van der Waals surface area contributed by atoms with Gasteiger partial charge in [-0.25, -0.2) is 0 Å². The van der Waals surface area contributed by atoms with Crippen LogP contribution in [0.5, 0.6) is 0 Å². The van der Waals surface area contributed by atoms with Crippen LogP contribution in [0.1, 0.15) is 52.2 Å². The van der Waals surface area contributed by atoms with Gasteiger partial charge in [-0.1, -0.05) is 62.2 Å². The summed E-state index contributed by atoms with van der Waals surface area (Å²) >= 11 is 0. The average molecular weight is 260 g/mol. The monoisotopic (exact) mass is 260 g/mol. The molecular weight excluding hydrogens is 232 g/mol. The molecule has 0 saturated heterocycles. The number of benzene rings is 1. The highest BCUT2D eigenvalue weighted by Gasteiger charge is 1.96. The average Bonchev–Trinajstić information content (AvgIpc) is 2.43. The maximum absolute atomic E-state index is 5.78. The largest absolute Gasteiger partial charge is 0.493 e. The van der Waals surface area contributed by atoms with Gasteiger partial charge in [0.15, 0.2) is 0 Å². The molecule has 19 heavy (non-hydrogen) atoms. The third kappa shape index (κ3) is 8.25. The van der Waals surface area contributed by atoms with E-state index in [-0.39, 0.29) is 0 Å². The van der Waals surface area contributed by atoms with Crippen molar-refractivity contribution in [2.75, 3.05) is 0 Å². The topological polar surface area (TPSA) is 9.23 Å². The Labute approximate surface area is 119 Å². The van der Waals surface area contributed by atoms with Gasteiger partial charge in [-0.05, 0) is 32.4 Å². The lowest BCUT2D eigenvalue weighted by atomic mass is 10.2. The molecule has 0 amide bonds. The summed E-state index contributed by atoms with van der Waals surface area (Å²) in [5.41, 5.74) is 3.78. The van der Waals surface area contributed by atoms with E-state index in [1.54, 1.807) is 0 Å². The summed E-state index contributed by atoms with van der Waals surface area (Å²) in [5, 5.41) is 0. The minimum absolute atomic E-state index is 0.649. The molecule has 0 aromatic heterocycles. The van der Waals surface area contributed by atoms with E-state index >= 15 is 0 Å².